The van der Waals surface area contributed by atoms with E-state index in [1.807, 2.05) is 0 Å². The Bertz CT molecular complexity index is 408. The van der Waals surface area contributed by atoms with E-state index in [9.17, 15) is 4.39 Å². The minimum absolute atomic E-state index is 0.0222. The van der Waals surface area contributed by atoms with Crippen LogP contribution in [-0.2, 0) is 6.61 Å². The van der Waals surface area contributed by atoms with E-state index >= 15 is 0 Å². The summed E-state index contributed by atoms with van der Waals surface area (Å²) in [6, 6.07) is 4.45. The standard InChI is InChI=1S/C9H8FNO/c10-7-1-2-8-6(5-12)4-11-9(8)3-7/h1-4,11-12H,5H2. The van der Waals surface area contributed by atoms with Gasteiger partial charge < -0.3 is 10.1 Å². The lowest BCUT2D eigenvalue weighted by Gasteiger charge is -1.92. The second-order valence-electron chi connectivity index (χ2n) is 2.66. The van der Waals surface area contributed by atoms with Crippen molar-refractivity contribution in [2.24, 2.45) is 0 Å². The maximum atomic E-state index is 12.7. The van der Waals surface area contributed by atoms with Gasteiger partial charge in [0.15, 0.2) is 0 Å². The minimum atomic E-state index is -0.270. The highest BCUT2D eigenvalue weighted by atomic mass is 19.1. The van der Waals surface area contributed by atoms with Crippen molar-refractivity contribution < 1.29 is 9.50 Å². The lowest BCUT2D eigenvalue weighted by molar-refractivity contribution is 0.283. The zero-order valence-corrected chi connectivity index (χ0v) is 6.34. The summed E-state index contributed by atoms with van der Waals surface area (Å²) in [5, 5.41) is 9.75. The van der Waals surface area contributed by atoms with Crippen LogP contribution in [0.3, 0.4) is 0 Å². The number of rotatable bonds is 1. The van der Waals surface area contributed by atoms with Gasteiger partial charge in [-0.25, -0.2) is 4.39 Å². The van der Waals surface area contributed by atoms with Gasteiger partial charge in [0.2, 0.25) is 0 Å². The molecule has 0 saturated heterocycles. The number of hydrogen-bond donors (Lipinski definition) is 2. The highest BCUT2D eigenvalue weighted by Crippen LogP contribution is 2.18. The molecule has 3 heteroatoms. The van der Waals surface area contributed by atoms with E-state index in [1.165, 1.54) is 12.1 Å². The van der Waals surface area contributed by atoms with E-state index in [0.29, 0.717) is 0 Å². The molecule has 2 nitrogen and oxygen atoms in total. The molecule has 2 rings (SSSR count). The first-order valence-electron chi connectivity index (χ1n) is 3.67. The van der Waals surface area contributed by atoms with Gasteiger partial charge in [-0.1, -0.05) is 0 Å². The van der Waals surface area contributed by atoms with Crippen molar-refractivity contribution >= 4 is 10.9 Å². The molecule has 0 spiro atoms. The Morgan fingerprint density at radius 1 is 1.42 bits per heavy atom. The van der Waals surface area contributed by atoms with Gasteiger partial charge >= 0.3 is 0 Å². The summed E-state index contributed by atoms with van der Waals surface area (Å²) in [5.41, 5.74) is 1.52. The largest absolute Gasteiger partial charge is 0.392 e. The molecular weight excluding hydrogens is 157 g/mol. The zero-order chi connectivity index (χ0) is 8.55. The van der Waals surface area contributed by atoms with Crippen LogP contribution in [0.1, 0.15) is 5.56 Å². The molecule has 0 aliphatic carbocycles. The predicted octanol–water partition coefficient (Wildman–Crippen LogP) is 1.80. The Kier molecular flexibility index (Phi) is 1.59. The van der Waals surface area contributed by atoms with E-state index in [2.05, 4.69) is 4.98 Å². The molecule has 0 atom stereocenters. The molecule has 0 bridgehead atoms. The molecule has 0 radical (unpaired) electrons. The molecule has 1 aromatic heterocycles. The van der Waals surface area contributed by atoms with Crippen molar-refractivity contribution in [3.63, 3.8) is 0 Å². The molecule has 0 saturated carbocycles. The topological polar surface area (TPSA) is 36.0 Å². The number of hydrogen-bond acceptors (Lipinski definition) is 1. The number of aliphatic hydroxyl groups excluding tert-OH is 1. The molecule has 0 aliphatic rings. The molecule has 1 aromatic carbocycles. The van der Waals surface area contributed by atoms with Crippen molar-refractivity contribution in [3.05, 3.63) is 35.8 Å². The molecule has 1 heterocycles. The van der Waals surface area contributed by atoms with E-state index in [-0.39, 0.29) is 12.4 Å². The summed E-state index contributed by atoms with van der Waals surface area (Å²) >= 11 is 0. The van der Waals surface area contributed by atoms with Crippen molar-refractivity contribution in [2.75, 3.05) is 0 Å². The zero-order valence-electron chi connectivity index (χ0n) is 6.34. The molecule has 12 heavy (non-hydrogen) atoms. The Morgan fingerprint density at radius 3 is 3.00 bits per heavy atom. The quantitative estimate of drug-likeness (QED) is 0.664. The first-order valence-corrected chi connectivity index (χ1v) is 3.67. The lowest BCUT2D eigenvalue weighted by Crippen LogP contribution is -1.78. The number of aromatic amines is 1. The van der Waals surface area contributed by atoms with Crippen LogP contribution in [0, 0.1) is 5.82 Å². The fourth-order valence-corrected chi connectivity index (χ4v) is 1.29. The third kappa shape index (κ3) is 0.987. The third-order valence-corrected chi connectivity index (χ3v) is 1.90. The van der Waals surface area contributed by atoms with Crippen molar-refractivity contribution in [2.45, 2.75) is 6.61 Å². The highest BCUT2D eigenvalue weighted by Gasteiger charge is 2.02. The van der Waals surface area contributed by atoms with Crippen LogP contribution in [0.4, 0.5) is 4.39 Å². The van der Waals surface area contributed by atoms with Crippen LogP contribution in [-0.4, -0.2) is 10.1 Å². The number of aromatic nitrogens is 1. The van der Waals surface area contributed by atoms with Crippen LogP contribution in [0.5, 0.6) is 0 Å². The smallest absolute Gasteiger partial charge is 0.125 e. The summed E-state index contributed by atoms with van der Waals surface area (Å²) in [4.78, 5) is 2.88. The van der Waals surface area contributed by atoms with Gasteiger partial charge in [0, 0.05) is 22.7 Å². The molecule has 0 amide bonds. The SMILES string of the molecule is OCc1c[nH]c2cc(F)ccc12. The van der Waals surface area contributed by atoms with Crippen LogP contribution in [0.2, 0.25) is 0 Å². The summed E-state index contributed by atoms with van der Waals surface area (Å²) < 4.78 is 12.7. The summed E-state index contributed by atoms with van der Waals surface area (Å²) in [5.74, 6) is -0.270. The summed E-state index contributed by atoms with van der Waals surface area (Å²) in [6.45, 7) is -0.0222. The Morgan fingerprint density at radius 2 is 2.25 bits per heavy atom. The lowest BCUT2D eigenvalue weighted by atomic mass is 10.2. The Hall–Kier alpha value is -1.35. The summed E-state index contributed by atoms with van der Waals surface area (Å²) in [7, 11) is 0. The fraction of sp³-hybridized carbons (Fsp3) is 0.111. The fourth-order valence-electron chi connectivity index (χ4n) is 1.29. The first-order chi connectivity index (χ1) is 5.81. The monoisotopic (exact) mass is 165 g/mol. The van der Waals surface area contributed by atoms with Crippen LogP contribution in [0.25, 0.3) is 10.9 Å². The van der Waals surface area contributed by atoms with E-state index in [1.54, 1.807) is 12.3 Å². The van der Waals surface area contributed by atoms with Gasteiger partial charge in [-0.15, -0.1) is 0 Å². The van der Waals surface area contributed by atoms with Gasteiger partial charge in [-0.3, -0.25) is 0 Å². The molecule has 0 fully saturated rings. The first kappa shape index (κ1) is 7.31. The molecular formula is C9H8FNO. The second-order valence-corrected chi connectivity index (χ2v) is 2.66. The number of H-pyrrole nitrogens is 1. The average Bonchev–Trinajstić information content (AvgIpc) is 2.46. The maximum Gasteiger partial charge on any atom is 0.125 e. The van der Waals surface area contributed by atoms with E-state index in [0.717, 1.165) is 16.5 Å². The van der Waals surface area contributed by atoms with E-state index < -0.39 is 0 Å². The van der Waals surface area contributed by atoms with Gasteiger partial charge in [0.1, 0.15) is 5.82 Å². The van der Waals surface area contributed by atoms with Crippen LogP contribution in [0.15, 0.2) is 24.4 Å². The highest BCUT2D eigenvalue weighted by molar-refractivity contribution is 5.82. The van der Waals surface area contributed by atoms with Crippen molar-refractivity contribution in [1.82, 2.24) is 4.98 Å². The minimum Gasteiger partial charge on any atom is -0.392 e. The summed E-state index contributed by atoms with van der Waals surface area (Å²) in [6.07, 6.45) is 1.68. The van der Waals surface area contributed by atoms with Gasteiger partial charge in [0.05, 0.1) is 6.61 Å². The second kappa shape index (κ2) is 2.60. The predicted molar refractivity (Wildman–Crippen MR) is 44.2 cm³/mol. The number of nitrogens with one attached hydrogen (secondary N) is 1. The van der Waals surface area contributed by atoms with Gasteiger partial charge in [-0.2, -0.15) is 0 Å². The van der Waals surface area contributed by atoms with E-state index in [4.69, 9.17) is 5.11 Å². The van der Waals surface area contributed by atoms with Gasteiger partial charge in [0.25, 0.3) is 0 Å². The van der Waals surface area contributed by atoms with Crippen LogP contribution >= 0.6 is 0 Å². The molecule has 62 valence electrons. The molecule has 2 aromatic rings. The van der Waals surface area contributed by atoms with Crippen LogP contribution < -0.4 is 0 Å². The Labute approximate surface area is 68.6 Å². The number of fused-ring (bicyclic) bond motifs is 1. The Balaban J connectivity index is 2.73. The molecule has 2 N–H and O–H groups in total. The number of aliphatic hydroxyl groups is 1. The number of halogens is 1. The normalized spacial score (nSPS) is 10.8. The third-order valence-electron chi connectivity index (χ3n) is 1.90. The van der Waals surface area contributed by atoms with Crippen molar-refractivity contribution in [3.8, 4) is 0 Å². The maximum absolute atomic E-state index is 12.7. The average molecular weight is 165 g/mol. The molecule has 0 aliphatic heterocycles. The number of benzene rings is 1. The molecule has 0 unspecified atom stereocenters. The van der Waals surface area contributed by atoms with Crippen molar-refractivity contribution in [1.29, 1.82) is 0 Å². The van der Waals surface area contributed by atoms with Gasteiger partial charge in [-0.05, 0) is 18.2 Å².